The summed E-state index contributed by atoms with van der Waals surface area (Å²) in [6, 6.07) is 6.74. The van der Waals surface area contributed by atoms with Crippen molar-refractivity contribution < 1.29 is 0 Å². The smallest absolute Gasteiger partial charge is 0.0455 e. The summed E-state index contributed by atoms with van der Waals surface area (Å²) in [5.74, 6) is 0.856. The third kappa shape index (κ3) is 3.91. The van der Waals surface area contributed by atoms with E-state index in [-0.39, 0.29) is 0 Å². The van der Waals surface area contributed by atoms with Gasteiger partial charge in [0.1, 0.15) is 0 Å². The monoisotopic (exact) mass is 293 g/mol. The second-order valence-corrected chi connectivity index (χ2v) is 7.73. The molecule has 0 aliphatic heterocycles. The van der Waals surface area contributed by atoms with E-state index in [2.05, 4.69) is 39.1 Å². The number of benzene rings is 1. The summed E-state index contributed by atoms with van der Waals surface area (Å²) < 4.78 is 0. The van der Waals surface area contributed by atoms with Gasteiger partial charge in [-0.3, -0.25) is 0 Å². The van der Waals surface area contributed by atoms with Crippen LogP contribution in [0.1, 0.15) is 58.4 Å². The molecule has 1 nitrogen and oxygen atoms in total. The summed E-state index contributed by atoms with van der Waals surface area (Å²) in [6.45, 7) is 9.24. The highest BCUT2D eigenvalue weighted by atomic mass is 35.5. The van der Waals surface area contributed by atoms with E-state index in [4.69, 9.17) is 11.6 Å². The van der Waals surface area contributed by atoms with E-state index in [0.717, 1.165) is 10.9 Å². The maximum absolute atomic E-state index is 6.21. The van der Waals surface area contributed by atoms with Crippen LogP contribution in [-0.2, 0) is 0 Å². The Morgan fingerprint density at radius 3 is 2.55 bits per heavy atom. The van der Waals surface area contributed by atoms with Crippen molar-refractivity contribution in [2.45, 2.75) is 65.8 Å². The zero-order chi connectivity index (χ0) is 14.8. The Morgan fingerprint density at radius 1 is 1.10 bits per heavy atom. The molecule has 0 spiro atoms. The lowest BCUT2D eigenvalue weighted by Crippen LogP contribution is -2.22. The highest BCUT2D eigenvalue weighted by molar-refractivity contribution is 6.31. The molecule has 0 bridgehead atoms. The van der Waals surface area contributed by atoms with Crippen LogP contribution in [0.25, 0.3) is 0 Å². The first-order valence-electron chi connectivity index (χ1n) is 7.89. The second kappa shape index (κ2) is 6.39. The Kier molecular flexibility index (Phi) is 5.01. The lowest BCUT2D eigenvalue weighted by molar-refractivity contribution is 0.214. The fourth-order valence-electron chi connectivity index (χ4n) is 3.30. The van der Waals surface area contributed by atoms with Crippen molar-refractivity contribution in [1.82, 2.24) is 0 Å². The van der Waals surface area contributed by atoms with E-state index in [9.17, 15) is 0 Å². The minimum Gasteiger partial charge on any atom is -0.382 e. The lowest BCUT2D eigenvalue weighted by Gasteiger charge is -2.29. The van der Waals surface area contributed by atoms with Crippen LogP contribution in [0.15, 0.2) is 18.2 Å². The van der Waals surface area contributed by atoms with Gasteiger partial charge in [-0.05, 0) is 61.6 Å². The molecular weight excluding hydrogens is 266 g/mol. The molecule has 1 aromatic carbocycles. The van der Waals surface area contributed by atoms with Gasteiger partial charge in [-0.25, -0.2) is 0 Å². The molecule has 20 heavy (non-hydrogen) atoms. The van der Waals surface area contributed by atoms with Crippen LogP contribution in [-0.4, -0.2) is 6.04 Å². The zero-order valence-electron chi connectivity index (χ0n) is 13.3. The summed E-state index contributed by atoms with van der Waals surface area (Å²) in [7, 11) is 0. The normalized spacial score (nSPS) is 24.2. The highest BCUT2D eigenvalue weighted by Crippen LogP contribution is 2.37. The SMILES string of the molecule is Cc1c(Cl)cccc1NC1CCCC(C(C)(C)C)CC1. The molecule has 0 saturated heterocycles. The molecule has 1 aliphatic carbocycles. The van der Waals surface area contributed by atoms with Gasteiger partial charge in [-0.2, -0.15) is 0 Å². The molecule has 0 heterocycles. The number of anilines is 1. The van der Waals surface area contributed by atoms with Crippen molar-refractivity contribution in [1.29, 1.82) is 0 Å². The van der Waals surface area contributed by atoms with Crippen molar-refractivity contribution in [2.24, 2.45) is 11.3 Å². The molecule has 2 rings (SSSR count). The van der Waals surface area contributed by atoms with Crippen LogP contribution in [0.4, 0.5) is 5.69 Å². The van der Waals surface area contributed by atoms with Gasteiger partial charge in [0, 0.05) is 16.8 Å². The van der Waals surface area contributed by atoms with Gasteiger partial charge in [0.15, 0.2) is 0 Å². The summed E-state index contributed by atoms with van der Waals surface area (Å²) in [5, 5.41) is 4.58. The van der Waals surface area contributed by atoms with Crippen LogP contribution in [0.3, 0.4) is 0 Å². The van der Waals surface area contributed by atoms with Gasteiger partial charge in [-0.15, -0.1) is 0 Å². The van der Waals surface area contributed by atoms with E-state index in [0.29, 0.717) is 11.5 Å². The van der Waals surface area contributed by atoms with Gasteiger partial charge < -0.3 is 5.32 Å². The summed E-state index contributed by atoms with van der Waals surface area (Å²) in [6.07, 6.45) is 6.59. The predicted octanol–water partition coefficient (Wildman–Crippen LogP) is 6.06. The molecule has 1 aliphatic rings. The Hall–Kier alpha value is -0.690. The fourth-order valence-corrected chi connectivity index (χ4v) is 3.47. The molecule has 1 aromatic rings. The number of rotatable bonds is 2. The molecule has 2 heteroatoms. The van der Waals surface area contributed by atoms with E-state index in [1.807, 2.05) is 12.1 Å². The number of nitrogens with one attached hydrogen (secondary N) is 1. The molecule has 0 aromatic heterocycles. The molecule has 1 saturated carbocycles. The predicted molar refractivity (Wildman–Crippen MR) is 89.6 cm³/mol. The van der Waals surface area contributed by atoms with E-state index >= 15 is 0 Å². The molecule has 2 unspecified atom stereocenters. The average molecular weight is 294 g/mol. The molecule has 1 fully saturated rings. The van der Waals surface area contributed by atoms with Crippen molar-refractivity contribution in [3.05, 3.63) is 28.8 Å². The fraction of sp³-hybridized carbons (Fsp3) is 0.667. The topological polar surface area (TPSA) is 12.0 Å². The van der Waals surface area contributed by atoms with Crippen molar-refractivity contribution in [2.75, 3.05) is 5.32 Å². The van der Waals surface area contributed by atoms with Gasteiger partial charge in [0.05, 0.1) is 0 Å². The molecule has 0 radical (unpaired) electrons. The van der Waals surface area contributed by atoms with Crippen LogP contribution >= 0.6 is 11.6 Å². The maximum atomic E-state index is 6.21. The maximum Gasteiger partial charge on any atom is 0.0455 e. The third-order valence-electron chi connectivity index (χ3n) is 4.82. The molecule has 2 atom stereocenters. The highest BCUT2D eigenvalue weighted by Gasteiger charge is 2.27. The second-order valence-electron chi connectivity index (χ2n) is 7.32. The third-order valence-corrected chi connectivity index (χ3v) is 5.23. The van der Waals surface area contributed by atoms with Gasteiger partial charge in [0.2, 0.25) is 0 Å². The molecule has 1 N–H and O–H groups in total. The Morgan fingerprint density at radius 2 is 1.85 bits per heavy atom. The van der Waals surface area contributed by atoms with Crippen LogP contribution in [0, 0.1) is 18.3 Å². The minimum atomic E-state index is 0.445. The Balaban J connectivity index is 1.99. The average Bonchev–Trinajstić information content (AvgIpc) is 2.60. The van der Waals surface area contributed by atoms with Crippen molar-refractivity contribution in [3.8, 4) is 0 Å². The van der Waals surface area contributed by atoms with Crippen LogP contribution in [0.5, 0.6) is 0 Å². The lowest BCUT2D eigenvalue weighted by atomic mass is 9.76. The van der Waals surface area contributed by atoms with Gasteiger partial charge in [0.25, 0.3) is 0 Å². The number of halogens is 1. The van der Waals surface area contributed by atoms with E-state index in [1.165, 1.54) is 43.4 Å². The minimum absolute atomic E-state index is 0.445. The van der Waals surface area contributed by atoms with Crippen LogP contribution in [0.2, 0.25) is 5.02 Å². The standard InChI is InChI=1S/C18H28ClN/c1-13-16(19)9-6-10-17(13)20-15-8-5-7-14(11-12-15)18(2,3)4/h6,9-10,14-15,20H,5,7-8,11-12H2,1-4H3. The molecular formula is C18H28ClN. The molecule has 0 amide bonds. The Bertz CT molecular complexity index is 447. The van der Waals surface area contributed by atoms with Crippen LogP contribution < -0.4 is 5.32 Å². The number of hydrogen-bond acceptors (Lipinski definition) is 1. The quantitative estimate of drug-likeness (QED) is 0.654. The van der Waals surface area contributed by atoms with Gasteiger partial charge in [-0.1, -0.05) is 44.9 Å². The Labute approximate surface area is 129 Å². The first-order valence-corrected chi connectivity index (χ1v) is 8.27. The zero-order valence-corrected chi connectivity index (χ0v) is 14.1. The van der Waals surface area contributed by atoms with E-state index in [1.54, 1.807) is 0 Å². The van der Waals surface area contributed by atoms with Crippen molar-refractivity contribution >= 4 is 17.3 Å². The first kappa shape index (κ1) is 15.7. The summed E-state index contributed by atoms with van der Waals surface area (Å²) in [4.78, 5) is 0. The van der Waals surface area contributed by atoms with E-state index < -0.39 is 0 Å². The van der Waals surface area contributed by atoms with Gasteiger partial charge >= 0.3 is 0 Å². The summed E-state index contributed by atoms with van der Waals surface area (Å²) >= 11 is 6.21. The number of hydrogen-bond donors (Lipinski definition) is 1. The largest absolute Gasteiger partial charge is 0.382 e. The summed E-state index contributed by atoms with van der Waals surface area (Å²) in [5.41, 5.74) is 2.82. The first-order chi connectivity index (χ1) is 9.38. The van der Waals surface area contributed by atoms with Crippen molar-refractivity contribution in [3.63, 3.8) is 0 Å². The molecule has 112 valence electrons.